The largest absolute Gasteiger partial charge is 0.423 e. The molecule has 0 unspecified atom stereocenters. The zero-order chi connectivity index (χ0) is 21.8. The summed E-state index contributed by atoms with van der Waals surface area (Å²) in [7, 11) is -3.89. The van der Waals surface area contributed by atoms with E-state index in [4.69, 9.17) is 16.0 Å². The van der Waals surface area contributed by atoms with Gasteiger partial charge in [0.05, 0.1) is 4.90 Å². The Labute approximate surface area is 186 Å². The molecular formula is C24H21ClN2O3S. The molecule has 0 fully saturated rings. The van der Waals surface area contributed by atoms with Crippen LogP contribution in [0.15, 0.2) is 93.2 Å². The van der Waals surface area contributed by atoms with Crippen LogP contribution in [0.4, 0.5) is 5.88 Å². The van der Waals surface area contributed by atoms with E-state index in [0.29, 0.717) is 23.9 Å². The highest BCUT2D eigenvalue weighted by molar-refractivity contribution is 7.91. The van der Waals surface area contributed by atoms with Gasteiger partial charge in [-0.05, 0) is 42.3 Å². The van der Waals surface area contributed by atoms with E-state index in [2.05, 4.69) is 10.3 Å². The monoisotopic (exact) mass is 452 g/mol. The third-order valence-corrected chi connectivity index (χ3v) is 6.72. The number of benzene rings is 3. The van der Waals surface area contributed by atoms with E-state index < -0.39 is 9.84 Å². The lowest BCUT2D eigenvalue weighted by molar-refractivity contribution is 0.516. The Balaban J connectivity index is 1.68. The Morgan fingerprint density at radius 3 is 2.26 bits per heavy atom. The van der Waals surface area contributed by atoms with Crippen LogP contribution in [0.3, 0.4) is 0 Å². The lowest BCUT2D eigenvalue weighted by atomic mass is 10.1. The van der Waals surface area contributed by atoms with Gasteiger partial charge < -0.3 is 9.73 Å². The quantitative estimate of drug-likeness (QED) is 0.391. The summed E-state index contributed by atoms with van der Waals surface area (Å²) in [6, 6.07) is 23.6. The summed E-state index contributed by atoms with van der Waals surface area (Å²) in [5.74, 6) is 0.451. The van der Waals surface area contributed by atoms with Crippen LogP contribution in [-0.4, -0.2) is 13.4 Å². The van der Waals surface area contributed by atoms with Gasteiger partial charge in [-0.1, -0.05) is 71.8 Å². The second kappa shape index (κ2) is 8.96. The van der Waals surface area contributed by atoms with Crippen molar-refractivity contribution in [2.24, 2.45) is 0 Å². The highest BCUT2D eigenvalue weighted by Crippen LogP contribution is 2.30. The summed E-state index contributed by atoms with van der Waals surface area (Å²) >= 11 is 5.92. The Kier molecular flexibility index (Phi) is 6.11. The predicted molar refractivity (Wildman–Crippen MR) is 121 cm³/mol. The molecule has 4 aromatic rings. The molecule has 0 radical (unpaired) electrons. The van der Waals surface area contributed by atoms with E-state index in [1.807, 2.05) is 61.5 Å². The highest BCUT2D eigenvalue weighted by atomic mass is 35.5. The summed E-state index contributed by atoms with van der Waals surface area (Å²) in [5, 5.41) is 3.44. The first-order valence-electron chi connectivity index (χ1n) is 9.75. The number of nitrogens with zero attached hydrogens (tertiary/aromatic N) is 1. The molecule has 7 heteroatoms. The standard InChI is InChI=1S/C24H21ClN2O3S/c1-17-7-9-19(10-8-17)16-26-23-24(31(28,29)21-13-11-20(25)12-14-21)27-22(30-23)15-18-5-3-2-4-6-18/h2-14,26H,15-16H2,1H3. The van der Waals surface area contributed by atoms with Gasteiger partial charge in [0, 0.05) is 18.0 Å². The zero-order valence-electron chi connectivity index (χ0n) is 16.9. The van der Waals surface area contributed by atoms with Crippen molar-refractivity contribution in [2.45, 2.75) is 29.8 Å². The van der Waals surface area contributed by atoms with Crippen molar-refractivity contribution < 1.29 is 12.8 Å². The Hall–Kier alpha value is -3.09. The molecule has 5 nitrogen and oxygen atoms in total. The molecule has 0 aliphatic carbocycles. The Morgan fingerprint density at radius 1 is 0.903 bits per heavy atom. The number of aromatic nitrogens is 1. The maximum atomic E-state index is 13.3. The van der Waals surface area contributed by atoms with E-state index in [1.165, 1.54) is 12.1 Å². The van der Waals surface area contributed by atoms with Crippen molar-refractivity contribution in [1.82, 2.24) is 4.98 Å². The first kappa shape index (κ1) is 21.2. The first-order chi connectivity index (χ1) is 14.9. The van der Waals surface area contributed by atoms with Gasteiger partial charge in [0.2, 0.25) is 26.6 Å². The van der Waals surface area contributed by atoms with Gasteiger partial charge in [-0.2, -0.15) is 4.98 Å². The summed E-state index contributed by atoms with van der Waals surface area (Å²) in [6.45, 7) is 2.42. The van der Waals surface area contributed by atoms with Gasteiger partial charge in [-0.15, -0.1) is 0 Å². The fourth-order valence-corrected chi connectivity index (χ4v) is 4.53. The van der Waals surface area contributed by atoms with Crippen molar-refractivity contribution in [1.29, 1.82) is 0 Å². The highest BCUT2D eigenvalue weighted by Gasteiger charge is 2.28. The first-order valence-corrected chi connectivity index (χ1v) is 11.6. The fourth-order valence-electron chi connectivity index (χ4n) is 3.10. The average molecular weight is 453 g/mol. The number of anilines is 1. The number of oxazole rings is 1. The van der Waals surface area contributed by atoms with Gasteiger partial charge >= 0.3 is 0 Å². The normalized spacial score (nSPS) is 11.4. The molecule has 0 amide bonds. The van der Waals surface area contributed by atoms with Crippen LogP contribution in [0.1, 0.15) is 22.6 Å². The van der Waals surface area contributed by atoms with Gasteiger partial charge in [0.15, 0.2) is 0 Å². The van der Waals surface area contributed by atoms with Crippen LogP contribution in [0.5, 0.6) is 0 Å². The summed E-state index contributed by atoms with van der Waals surface area (Å²) in [5.41, 5.74) is 3.13. The summed E-state index contributed by atoms with van der Waals surface area (Å²) in [6.07, 6.45) is 0.385. The molecule has 0 spiro atoms. The number of halogens is 1. The molecular weight excluding hydrogens is 432 g/mol. The van der Waals surface area contributed by atoms with Crippen LogP contribution in [0.25, 0.3) is 0 Å². The fraction of sp³-hybridized carbons (Fsp3) is 0.125. The maximum absolute atomic E-state index is 13.3. The molecule has 0 atom stereocenters. The number of aryl methyl sites for hydroxylation is 1. The topological polar surface area (TPSA) is 72.2 Å². The lowest BCUT2D eigenvalue weighted by Crippen LogP contribution is -2.07. The number of rotatable bonds is 7. The van der Waals surface area contributed by atoms with Gasteiger partial charge in [0.1, 0.15) is 0 Å². The number of hydrogen-bond donors (Lipinski definition) is 1. The van der Waals surface area contributed by atoms with Crippen LogP contribution in [-0.2, 0) is 22.8 Å². The molecule has 0 bridgehead atoms. The van der Waals surface area contributed by atoms with E-state index in [0.717, 1.165) is 16.7 Å². The maximum Gasteiger partial charge on any atom is 0.233 e. The number of nitrogens with one attached hydrogen (secondary N) is 1. The molecule has 1 aromatic heterocycles. The van der Waals surface area contributed by atoms with Crippen molar-refractivity contribution >= 4 is 27.3 Å². The third-order valence-electron chi connectivity index (χ3n) is 4.79. The van der Waals surface area contributed by atoms with E-state index in [1.54, 1.807) is 12.1 Å². The lowest BCUT2D eigenvalue weighted by Gasteiger charge is -2.07. The second-order valence-corrected chi connectivity index (χ2v) is 9.50. The molecule has 1 N–H and O–H groups in total. The zero-order valence-corrected chi connectivity index (χ0v) is 18.5. The molecule has 4 rings (SSSR count). The Bertz CT molecular complexity index is 1270. The van der Waals surface area contributed by atoms with Gasteiger partial charge in [0.25, 0.3) is 0 Å². The SMILES string of the molecule is Cc1ccc(CNc2oc(Cc3ccccc3)nc2S(=O)(=O)c2ccc(Cl)cc2)cc1. The van der Waals surface area contributed by atoms with Gasteiger partial charge in [-0.25, -0.2) is 8.42 Å². The predicted octanol–water partition coefficient (Wildman–Crippen LogP) is 5.67. The van der Waals surface area contributed by atoms with Crippen LogP contribution in [0.2, 0.25) is 5.02 Å². The van der Waals surface area contributed by atoms with Crippen LogP contribution >= 0.6 is 11.6 Å². The minimum Gasteiger partial charge on any atom is -0.423 e. The average Bonchev–Trinajstić information content (AvgIpc) is 3.18. The van der Waals surface area contributed by atoms with Crippen molar-refractivity contribution in [3.63, 3.8) is 0 Å². The molecule has 0 aliphatic heterocycles. The minimum absolute atomic E-state index is 0.106. The van der Waals surface area contributed by atoms with Crippen LogP contribution < -0.4 is 5.32 Å². The summed E-state index contributed by atoms with van der Waals surface area (Å²) < 4.78 is 32.4. The molecule has 3 aromatic carbocycles. The van der Waals surface area contributed by atoms with Gasteiger partial charge in [-0.3, -0.25) is 0 Å². The molecule has 0 aliphatic rings. The van der Waals surface area contributed by atoms with Crippen LogP contribution in [0, 0.1) is 6.92 Å². The molecule has 1 heterocycles. The second-order valence-electron chi connectivity index (χ2n) is 7.20. The van der Waals surface area contributed by atoms with E-state index >= 15 is 0 Å². The third kappa shape index (κ3) is 4.98. The number of sulfone groups is 1. The smallest absolute Gasteiger partial charge is 0.233 e. The van der Waals surface area contributed by atoms with E-state index in [9.17, 15) is 8.42 Å². The molecule has 0 saturated carbocycles. The van der Waals surface area contributed by atoms with E-state index in [-0.39, 0.29) is 15.8 Å². The molecule has 0 saturated heterocycles. The molecule has 31 heavy (non-hydrogen) atoms. The van der Waals surface area contributed by atoms with Crippen molar-refractivity contribution in [3.8, 4) is 0 Å². The van der Waals surface area contributed by atoms with Crippen molar-refractivity contribution in [2.75, 3.05) is 5.32 Å². The number of hydrogen-bond acceptors (Lipinski definition) is 5. The minimum atomic E-state index is -3.89. The van der Waals surface area contributed by atoms with Crippen molar-refractivity contribution in [3.05, 3.63) is 106 Å². The molecule has 158 valence electrons. The Morgan fingerprint density at radius 2 is 1.58 bits per heavy atom. The summed E-state index contributed by atoms with van der Waals surface area (Å²) in [4.78, 5) is 4.46.